The molecule has 1 aromatic rings. The van der Waals surface area contributed by atoms with Crippen molar-refractivity contribution in [2.75, 3.05) is 24.5 Å². The van der Waals surface area contributed by atoms with Crippen LogP contribution in [0.15, 0.2) is 12.4 Å². The lowest BCUT2D eigenvalue weighted by molar-refractivity contribution is 0.545. The lowest BCUT2D eigenvalue weighted by Crippen LogP contribution is -2.28. The lowest BCUT2D eigenvalue weighted by atomic mass is 10.1. The largest absolute Gasteiger partial charge is 0.355 e. The zero-order valence-corrected chi connectivity index (χ0v) is 12.9. The second-order valence-corrected chi connectivity index (χ2v) is 6.15. The Morgan fingerprint density at radius 2 is 1.75 bits per heavy atom. The second kappa shape index (κ2) is 8.20. The van der Waals surface area contributed by atoms with Crippen molar-refractivity contribution in [2.45, 2.75) is 52.5 Å². The highest BCUT2D eigenvalue weighted by Crippen LogP contribution is 2.16. The first kappa shape index (κ1) is 15.2. The molecule has 0 amide bonds. The highest BCUT2D eigenvalue weighted by molar-refractivity contribution is 5.35. The van der Waals surface area contributed by atoms with Crippen LogP contribution in [0.1, 0.15) is 51.6 Å². The van der Waals surface area contributed by atoms with Gasteiger partial charge in [0.15, 0.2) is 0 Å². The van der Waals surface area contributed by atoms with E-state index in [0.29, 0.717) is 5.92 Å². The highest BCUT2D eigenvalue weighted by Gasteiger charge is 2.10. The summed E-state index contributed by atoms with van der Waals surface area (Å²) in [4.78, 5) is 11.5. The summed E-state index contributed by atoms with van der Waals surface area (Å²) in [6.07, 6.45) is 10.5. The quantitative estimate of drug-likeness (QED) is 0.897. The summed E-state index contributed by atoms with van der Waals surface area (Å²) < 4.78 is 0. The molecule has 4 nitrogen and oxygen atoms in total. The van der Waals surface area contributed by atoms with E-state index in [1.165, 1.54) is 32.1 Å². The zero-order valence-electron chi connectivity index (χ0n) is 12.9. The predicted molar refractivity (Wildman–Crippen MR) is 83.9 cm³/mol. The molecule has 2 rings (SSSR count). The predicted octanol–water partition coefficient (Wildman–Crippen LogP) is 2.99. The minimum absolute atomic E-state index is 0.670. The maximum absolute atomic E-state index is 4.60. The molecule has 0 bridgehead atoms. The van der Waals surface area contributed by atoms with E-state index in [2.05, 4.69) is 34.0 Å². The van der Waals surface area contributed by atoms with Gasteiger partial charge in [-0.2, -0.15) is 0 Å². The van der Waals surface area contributed by atoms with Crippen LogP contribution >= 0.6 is 0 Å². The Bertz CT molecular complexity index is 367. The summed E-state index contributed by atoms with van der Waals surface area (Å²) in [6, 6.07) is 0. The van der Waals surface area contributed by atoms with Gasteiger partial charge in [-0.25, -0.2) is 4.98 Å². The molecule has 0 aliphatic carbocycles. The number of hydrogen-bond donors (Lipinski definition) is 1. The zero-order chi connectivity index (χ0) is 14.2. The van der Waals surface area contributed by atoms with Crippen LogP contribution in [0, 0.1) is 5.92 Å². The van der Waals surface area contributed by atoms with Gasteiger partial charge in [-0.3, -0.25) is 4.98 Å². The van der Waals surface area contributed by atoms with Gasteiger partial charge in [0.05, 0.1) is 18.1 Å². The van der Waals surface area contributed by atoms with Gasteiger partial charge in [0.25, 0.3) is 0 Å². The fourth-order valence-electron chi connectivity index (χ4n) is 2.57. The van der Waals surface area contributed by atoms with Gasteiger partial charge >= 0.3 is 0 Å². The summed E-state index contributed by atoms with van der Waals surface area (Å²) in [6.45, 7) is 8.51. The molecule has 0 atom stereocenters. The normalized spacial score (nSPS) is 17.1. The highest BCUT2D eigenvalue weighted by atomic mass is 15.2. The molecule has 1 saturated heterocycles. The smallest absolute Gasteiger partial charge is 0.147 e. The molecule has 1 aromatic heterocycles. The van der Waals surface area contributed by atoms with Crippen LogP contribution in [0.2, 0.25) is 0 Å². The van der Waals surface area contributed by atoms with Crippen LogP contribution in [0.5, 0.6) is 0 Å². The average Bonchev–Trinajstić information content (AvgIpc) is 2.39. The molecular formula is C16H28N4. The second-order valence-electron chi connectivity index (χ2n) is 6.15. The minimum atomic E-state index is 0.670. The summed E-state index contributed by atoms with van der Waals surface area (Å²) in [5.41, 5.74) is 1.03. The van der Waals surface area contributed by atoms with Crippen molar-refractivity contribution in [3.05, 3.63) is 18.1 Å². The molecule has 0 aromatic carbocycles. The number of aromatic nitrogens is 2. The third-order valence-corrected chi connectivity index (χ3v) is 3.73. The summed E-state index contributed by atoms with van der Waals surface area (Å²) >= 11 is 0. The van der Waals surface area contributed by atoms with E-state index in [0.717, 1.165) is 37.7 Å². The van der Waals surface area contributed by atoms with Crippen LogP contribution in [-0.4, -0.2) is 29.6 Å². The fraction of sp³-hybridized carbons (Fsp3) is 0.750. The van der Waals surface area contributed by atoms with E-state index in [-0.39, 0.29) is 0 Å². The Morgan fingerprint density at radius 1 is 1.05 bits per heavy atom. The van der Waals surface area contributed by atoms with Crippen molar-refractivity contribution in [1.29, 1.82) is 0 Å². The Hall–Kier alpha value is -1.16. The maximum atomic E-state index is 4.60. The van der Waals surface area contributed by atoms with Crippen molar-refractivity contribution in [1.82, 2.24) is 15.3 Å². The van der Waals surface area contributed by atoms with Crippen molar-refractivity contribution >= 4 is 5.82 Å². The number of hydrogen-bond acceptors (Lipinski definition) is 4. The van der Waals surface area contributed by atoms with Gasteiger partial charge in [0.2, 0.25) is 0 Å². The molecule has 1 aliphatic heterocycles. The lowest BCUT2D eigenvalue weighted by Gasteiger charge is -2.25. The third kappa shape index (κ3) is 5.08. The Labute approximate surface area is 123 Å². The van der Waals surface area contributed by atoms with E-state index >= 15 is 0 Å². The summed E-state index contributed by atoms with van der Waals surface area (Å²) in [5, 5.41) is 3.40. The molecule has 112 valence electrons. The van der Waals surface area contributed by atoms with Gasteiger partial charge in [-0.15, -0.1) is 0 Å². The molecule has 0 saturated carbocycles. The van der Waals surface area contributed by atoms with Gasteiger partial charge in [-0.05, 0) is 25.3 Å². The monoisotopic (exact) mass is 276 g/mol. The van der Waals surface area contributed by atoms with E-state index in [4.69, 9.17) is 0 Å². The van der Waals surface area contributed by atoms with Crippen molar-refractivity contribution in [3.8, 4) is 0 Å². The first-order valence-corrected chi connectivity index (χ1v) is 8.02. The summed E-state index contributed by atoms with van der Waals surface area (Å²) in [5.74, 6) is 1.71. The first-order chi connectivity index (χ1) is 9.75. The molecule has 1 N–H and O–H groups in total. The van der Waals surface area contributed by atoms with Crippen molar-refractivity contribution in [3.63, 3.8) is 0 Å². The molecule has 1 aliphatic rings. The standard InChI is InChI=1S/C16H28N4/c1-14(2)10-17-11-15-12-19-16(13-18-15)20-8-6-4-3-5-7-9-20/h12-14,17H,3-11H2,1-2H3. The van der Waals surface area contributed by atoms with Gasteiger partial charge in [0, 0.05) is 19.6 Å². The molecular weight excluding hydrogens is 248 g/mol. The molecule has 0 radical (unpaired) electrons. The average molecular weight is 276 g/mol. The number of nitrogens with one attached hydrogen (secondary N) is 1. The Kier molecular flexibility index (Phi) is 6.25. The molecule has 0 spiro atoms. The fourth-order valence-corrected chi connectivity index (χ4v) is 2.57. The van der Waals surface area contributed by atoms with Crippen molar-refractivity contribution < 1.29 is 0 Å². The molecule has 20 heavy (non-hydrogen) atoms. The summed E-state index contributed by atoms with van der Waals surface area (Å²) in [7, 11) is 0. The molecule has 2 heterocycles. The van der Waals surface area contributed by atoms with Crippen LogP contribution in [-0.2, 0) is 6.54 Å². The number of nitrogens with zero attached hydrogens (tertiary/aromatic N) is 3. The molecule has 1 fully saturated rings. The molecule has 4 heteroatoms. The van der Waals surface area contributed by atoms with E-state index in [1.54, 1.807) is 0 Å². The topological polar surface area (TPSA) is 41.1 Å². The Balaban J connectivity index is 1.86. The third-order valence-electron chi connectivity index (χ3n) is 3.73. The Morgan fingerprint density at radius 3 is 2.35 bits per heavy atom. The van der Waals surface area contributed by atoms with Crippen LogP contribution < -0.4 is 10.2 Å². The SMILES string of the molecule is CC(C)CNCc1cnc(N2CCCCCCC2)cn1. The van der Waals surface area contributed by atoms with E-state index in [9.17, 15) is 0 Å². The van der Waals surface area contributed by atoms with Crippen molar-refractivity contribution in [2.24, 2.45) is 5.92 Å². The van der Waals surface area contributed by atoms with E-state index < -0.39 is 0 Å². The van der Waals surface area contributed by atoms with Crippen LogP contribution in [0.4, 0.5) is 5.82 Å². The molecule has 0 unspecified atom stereocenters. The number of anilines is 1. The van der Waals surface area contributed by atoms with Crippen LogP contribution in [0.25, 0.3) is 0 Å². The van der Waals surface area contributed by atoms with E-state index in [1.807, 2.05) is 12.4 Å². The van der Waals surface area contributed by atoms with Crippen LogP contribution in [0.3, 0.4) is 0 Å². The maximum Gasteiger partial charge on any atom is 0.147 e. The number of rotatable bonds is 5. The van der Waals surface area contributed by atoms with Gasteiger partial charge in [0.1, 0.15) is 5.82 Å². The minimum Gasteiger partial charge on any atom is -0.355 e. The van der Waals surface area contributed by atoms with Gasteiger partial charge < -0.3 is 10.2 Å². The first-order valence-electron chi connectivity index (χ1n) is 8.02. The van der Waals surface area contributed by atoms with Gasteiger partial charge in [-0.1, -0.05) is 33.1 Å².